The van der Waals surface area contributed by atoms with Crippen LogP contribution in [0.3, 0.4) is 0 Å². The van der Waals surface area contributed by atoms with Gasteiger partial charge in [0.15, 0.2) is 0 Å². The van der Waals surface area contributed by atoms with Crippen LogP contribution in [-0.4, -0.2) is 61.0 Å². The van der Waals surface area contributed by atoms with Crippen molar-refractivity contribution in [2.45, 2.75) is 39.0 Å². The number of hydrogen-bond acceptors (Lipinski definition) is 4. The molecule has 1 heterocycles. The lowest BCUT2D eigenvalue weighted by molar-refractivity contribution is -0.137. The highest BCUT2D eigenvalue weighted by molar-refractivity contribution is 5.95. The summed E-state index contributed by atoms with van der Waals surface area (Å²) in [5.41, 5.74) is 1.50. The van der Waals surface area contributed by atoms with E-state index in [9.17, 15) is 9.59 Å². The van der Waals surface area contributed by atoms with Crippen molar-refractivity contribution in [2.24, 2.45) is 5.92 Å². The summed E-state index contributed by atoms with van der Waals surface area (Å²) in [7, 11) is 0. The number of carbonyl (C=O) groups is 2. The summed E-state index contributed by atoms with van der Waals surface area (Å²) in [6.07, 6.45) is 9.98. The van der Waals surface area contributed by atoms with Crippen LogP contribution < -0.4 is 0 Å². The van der Waals surface area contributed by atoms with Crippen molar-refractivity contribution in [1.29, 1.82) is 0 Å². The van der Waals surface area contributed by atoms with Gasteiger partial charge in [-0.05, 0) is 49.5 Å². The number of nitrogens with zero attached hydrogens (tertiary/aromatic N) is 2. The summed E-state index contributed by atoms with van der Waals surface area (Å²) >= 11 is 0. The highest BCUT2D eigenvalue weighted by Crippen LogP contribution is 2.25. The topological polar surface area (TPSA) is 49.9 Å². The van der Waals surface area contributed by atoms with Crippen molar-refractivity contribution >= 4 is 18.0 Å². The van der Waals surface area contributed by atoms with Gasteiger partial charge in [-0.1, -0.05) is 31.4 Å². The van der Waals surface area contributed by atoms with Crippen LogP contribution in [0.4, 0.5) is 0 Å². The van der Waals surface area contributed by atoms with Crippen molar-refractivity contribution in [1.82, 2.24) is 9.80 Å². The largest absolute Gasteiger partial charge is 0.463 e. The van der Waals surface area contributed by atoms with Crippen molar-refractivity contribution in [3.8, 4) is 0 Å². The molecule has 2 fully saturated rings. The molecule has 0 atom stereocenters. The number of rotatable bonds is 6. The van der Waals surface area contributed by atoms with Crippen molar-refractivity contribution in [3.63, 3.8) is 0 Å². The van der Waals surface area contributed by atoms with Gasteiger partial charge in [0, 0.05) is 44.4 Å². The predicted octanol–water partition coefficient (Wildman–Crippen LogP) is 3.60. The van der Waals surface area contributed by atoms with E-state index in [1.54, 1.807) is 13.0 Å². The molecule has 1 amide bonds. The molecule has 0 unspecified atom stereocenters. The molecule has 2 aliphatic rings. The van der Waals surface area contributed by atoms with Gasteiger partial charge in [-0.25, -0.2) is 4.79 Å². The fraction of sp³-hybridized carbons (Fsp3) is 0.565. The van der Waals surface area contributed by atoms with Crippen molar-refractivity contribution in [3.05, 3.63) is 41.5 Å². The number of amides is 1. The molecule has 1 saturated heterocycles. The molecule has 5 nitrogen and oxygen atoms in total. The van der Waals surface area contributed by atoms with Crippen LogP contribution in [0.1, 0.15) is 54.9 Å². The van der Waals surface area contributed by atoms with E-state index in [1.165, 1.54) is 44.7 Å². The van der Waals surface area contributed by atoms with Gasteiger partial charge < -0.3 is 9.64 Å². The molecule has 0 aromatic heterocycles. The Bertz CT molecular complexity index is 687. The maximum atomic E-state index is 12.9. The molecule has 152 valence electrons. The molecule has 0 N–H and O–H groups in total. The zero-order chi connectivity index (χ0) is 19.8. The number of esters is 1. The molecule has 3 rings (SSSR count). The van der Waals surface area contributed by atoms with Gasteiger partial charge in [0.05, 0.1) is 6.61 Å². The molecule has 5 heteroatoms. The van der Waals surface area contributed by atoms with Gasteiger partial charge in [0.1, 0.15) is 0 Å². The van der Waals surface area contributed by atoms with E-state index in [2.05, 4.69) is 4.90 Å². The third kappa shape index (κ3) is 5.93. The lowest BCUT2D eigenvalue weighted by Crippen LogP contribution is -2.49. The van der Waals surface area contributed by atoms with Crippen LogP contribution in [0, 0.1) is 5.92 Å². The van der Waals surface area contributed by atoms with Gasteiger partial charge in [-0.2, -0.15) is 0 Å². The van der Waals surface area contributed by atoms with Crippen LogP contribution in [0.2, 0.25) is 0 Å². The first kappa shape index (κ1) is 20.6. The summed E-state index contributed by atoms with van der Waals surface area (Å²) in [5.74, 6) is 0.552. The smallest absolute Gasteiger partial charge is 0.330 e. The predicted molar refractivity (Wildman–Crippen MR) is 111 cm³/mol. The molecule has 0 bridgehead atoms. The van der Waals surface area contributed by atoms with E-state index in [1.807, 2.05) is 29.2 Å². The highest BCUT2D eigenvalue weighted by Gasteiger charge is 2.24. The number of ether oxygens (including phenoxy) is 1. The first-order valence-electron chi connectivity index (χ1n) is 10.6. The Kier molecular flexibility index (Phi) is 7.66. The van der Waals surface area contributed by atoms with E-state index >= 15 is 0 Å². The van der Waals surface area contributed by atoms with Crippen LogP contribution >= 0.6 is 0 Å². The summed E-state index contributed by atoms with van der Waals surface area (Å²) < 4.78 is 4.90. The lowest BCUT2D eigenvalue weighted by Gasteiger charge is -2.37. The summed E-state index contributed by atoms with van der Waals surface area (Å²) in [5, 5.41) is 0. The van der Waals surface area contributed by atoms with E-state index < -0.39 is 0 Å². The quantitative estimate of drug-likeness (QED) is 0.555. The average Bonchev–Trinajstić information content (AvgIpc) is 2.73. The standard InChI is InChI=1S/C23H32N2O3/c1-2-28-22(26)12-11-19-9-6-10-21(17-19)23(27)25-15-13-24(14-16-25)18-20-7-4-3-5-8-20/h6,9-12,17,20H,2-5,7-8,13-16,18H2,1H3/b12-11+. The van der Waals surface area contributed by atoms with Crippen LogP contribution in [0.25, 0.3) is 6.08 Å². The summed E-state index contributed by atoms with van der Waals surface area (Å²) in [6, 6.07) is 7.43. The second-order valence-corrected chi connectivity index (χ2v) is 7.81. The number of piperazine rings is 1. The zero-order valence-corrected chi connectivity index (χ0v) is 16.9. The molecule has 1 aliphatic carbocycles. The Hall–Kier alpha value is -2.14. The molecule has 1 aromatic rings. The Morgan fingerprint density at radius 3 is 2.57 bits per heavy atom. The molecule has 1 saturated carbocycles. The SMILES string of the molecule is CCOC(=O)/C=C/c1cccc(C(=O)N2CCN(CC3CCCCC3)CC2)c1. The molecule has 28 heavy (non-hydrogen) atoms. The van der Waals surface area contributed by atoms with Crippen LogP contribution in [0.5, 0.6) is 0 Å². The average molecular weight is 385 g/mol. The Morgan fingerprint density at radius 2 is 1.86 bits per heavy atom. The summed E-state index contributed by atoms with van der Waals surface area (Å²) in [4.78, 5) is 28.8. The number of benzene rings is 1. The fourth-order valence-electron chi connectivity index (χ4n) is 4.18. The molecule has 0 radical (unpaired) electrons. The van der Waals surface area contributed by atoms with Crippen LogP contribution in [0.15, 0.2) is 30.3 Å². The van der Waals surface area contributed by atoms with Gasteiger partial charge in [0.25, 0.3) is 5.91 Å². The second-order valence-electron chi connectivity index (χ2n) is 7.81. The first-order chi connectivity index (χ1) is 13.7. The van der Waals surface area contributed by atoms with Crippen molar-refractivity contribution < 1.29 is 14.3 Å². The highest BCUT2D eigenvalue weighted by atomic mass is 16.5. The maximum Gasteiger partial charge on any atom is 0.330 e. The lowest BCUT2D eigenvalue weighted by atomic mass is 9.89. The zero-order valence-electron chi connectivity index (χ0n) is 16.9. The van der Waals surface area contributed by atoms with Crippen LogP contribution in [-0.2, 0) is 9.53 Å². The minimum absolute atomic E-state index is 0.0729. The molecule has 1 aromatic carbocycles. The van der Waals surface area contributed by atoms with E-state index in [4.69, 9.17) is 4.74 Å². The van der Waals surface area contributed by atoms with E-state index in [0.29, 0.717) is 12.2 Å². The first-order valence-corrected chi connectivity index (χ1v) is 10.6. The second kappa shape index (κ2) is 10.4. The van der Waals surface area contributed by atoms with E-state index in [0.717, 1.165) is 37.7 Å². The molecule has 1 aliphatic heterocycles. The fourth-order valence-corrected chi connectivity index (χ4v) is 4.18. The number of hydrogen-bond donors (Lipinski definition) is 0. The Balaban J connectivity index is 1.52. The number of carbonyl (C=O) groups excluding carboxylic acids is 2. The monoisotopic (exact) mass is 384 g/mol. The third-order valence-electron chi connectivity index (χ3n) is 5.73. The molecular formula is C23H32N2O3. The summed E-state index contributed by atoms with van der Waals surface area (Å²) in [6.45, 7) is 6.82. The Morgan fingerprint density at radius 1 is 1.11 bits per heavy atom. The van der Waals surface area contributed by atoms with E-state index in [-0.39, 0.29) is 11.9 Å². The van der Waals surface area contributed by atoms with Crippen molar-refractivity contribution in [2.75, 3.05) is 39.3 Å². The third-order valence-corrected chi connectivity index (χ3v) is 5.73. The van der Waals surface area contributed by atoms with Gasteiger partial charge >= 0.3 is 5.97 Å². The molecular weight excluding hydrogens is 352 g/mol. The van der Waals surface area contributed by atoms with Gasteiger partial charge in [-0.3, -0.25) is 9.69 Å². The maximum absolute atomic E-state index is 12.9. The van der Waals surface area contributed by atoms with Gasteiger partial charge in [0.2, 0.25) is 0 Å². The Labute approximate surface area is 168 Å². The minimum Gasteiger partial charge on any atom is -0.463 e. The minimum atomic E-state index is -0.367. The molecule has 0 spiro atoms. The normalized spacial score (nSPS) is 19.1. The van der Waals surface area contributed by atoms with Gasteiger partial charge in [-0.15, -0.1) is 0 Å².